The molecule has 4 N–H and O–H groups in total. The lowest BCUT2D eigenvalue weighted by atomic mass is 10.1. The zero-order valence-corrected chi connectivity index (χ0v) is 20.4. The minimum absolute atomic E-state index is 0.0799. The van der Waals surface area contributed by atoms with Gasteiger partial charge in [0.15, 0.2) is 0 Å². The fraction of sp³-hybridized carbons (Fsp3) is 0.208. The summed E-state index contributed by atoms with van der Waals surface area (Å²) in [5.41, 5.74) is 7.01. The van der Waals surface area contributed by atoms with E-state index in [1.165, 1.54) is 47.6 Å². The van der Waals surface area contributed by atoms with Crippen molar-refractivity contribution in [3.05, 3.63) is 84.5 Å². The predicted octanol–water partition coefficient (Wildman–Crippen LogP) is 3.46. The summed E-state index contributed by atoms with van der Waals surface area (Å²) in [5.74, 6) is -1.30. The molecule has 196 valence electrons. The number of amides is 1. The van der Waals surface area contributed by atoms with Gasteiger partial charge in [0, 0.05) is 36.6 Å². The van der Waals surface area contributed by atoms with Crippen molar-refractivity contribution in [2.75, 3.05) is 5.32 Å². The Balaban J connectivity index is 1.71. The molecule has 0 fully saturated rings. The predicted molar refractivity (Wildman–Crippen MR) is 131 cm³/mol. The van der Waals surface area contributed by atoms with Crippen LogP contribution in [0, 0.1) is 6.92 Å². The van der Waals surface area contributed by atoms with Crippen molar-refractivity contribution < 1.29 is 31.2 Å². The Labute approximate surface area is 211 Å². The van der Waals surface area contributed by atoms with Crippen LogP contribution in [-0.2, 0) is 14.8 Å². The van der Waals surface area contributed by atoms with Crippen LogP contribution in [0.5, 0.6) is 0 Å². The van der Waals surface area contributed by atoms with E-state index in [0.29, 0.717) is 5.56 Å². The third kappa shape index (κ3) is 7.75. The minimum Gasteiger partial charge on any atom is -0.355 e. The van der Waals surface area contributed by atoms with Gasteiger partial charge in [-0.15, -0.1) is 0 Å². The number of halogens is 3. The van der Waals surface area contributed by atoms with Gasteiger partial charge in [-0.3, -0.25) is 14.2 Å². The average Bonchev–Trinajstić information content (AvgIpc) is 3.37. The van der Waals surface area contributed by atoms with Crippen molar-refractivity contribution in [1.29, 1.82) is 0 Å². The molecule has 0 aliphatic rings. The maximum absolute atomic E-state index is 13.1. The highest BCUT2D eigenvalue weighted by Gasteiger charge is 2.35. The summed E-state index contributed by atoms with van der Waals surface area (Å²) in [7, 11) is -4.24. The molecule has 0 saturated carbocycles. The molecule has 1 amide bonds. The second kappa shape index (κ2) is 11.4. The molecular formula is C24H24F3N5O4S. The highest BCUT2D eigenvalue weighted by atomic mass is 32.2. The van der Waals surface area contributed by atoms with E-state index in [4.69, 9.17) is 5.73 Å². The summed E-state index contributed by atoms with van der Waals surface area (Å²) in [6, 6.07) is 9.52. The van der Waals surface area contributed by atoms with Crippen LogP contribution in [0.1, 0.15) is 28.8 Å². The number of anilines is 1. The molecule has 0 aliphatic heterocycles. The molecule has 3 aromatic rings. The summed E-state index contributed by atoms with van der Waals surface area (Å²) >= 11 is 0. The summed E-state index contributed by atoms with van der Waals surface area (Å²) in [4.78, 5) is 27.5. The number of carbonyl (C=O) groups excluding carboxylic acids is 2. The number of aryl methyl sites for hydroxylation is 1. The number of alkyl halides is 3. The fourth-order valence-electron chi connectivity index (χ4n) is 3.11. The van der Waals surface area contributed by atoms with Crippen molar-refractivity contribution in [1.82, 2.24) is 14.3 Å². The first-order chi connectivity index (χ1) is 17.3. The van der Waals surface area contributed by atoms with Crippen LogP contribution in [0.25, 0.3) is 5.70 Å². The Bertz CT molecular complexity index is 1370. The molecule has 0 saturated heterocycles. The Morgan fingerprint density at radius 2 is 1.73 bits per heavy atom. The minimum atomic E-state index is -4.66. The first-order valence-corrected chi connectivity index (χ1v) is 12.4. The van der Waals surface area contributed by atoms with Gasteiger partial charge in [0.05, 0.1) is 4.90 Å². The third-order valence-electron chi connectivity index (χ3n) is 5.14. The standard InChI is InChI=1S/C24H24F3N5O4S/c1-16-2-4-17(5-3-16)20(14-21(28)24(25,26)27)30-18-6-8-19(9-7-18)37(35,36)31-22(33)10-11-23(34)32-13-12-29-15-32/h2-9,12-15,21,30H,10-11,28H2,1H3,(H,31,33)/b20-14-. The Hall–Kier alpha value is -3.97. The third-order valence-corrected chi connectivity index (χ3v) is 6.53. The Morgan fingerprint density at radius 1 is 1.08 bits per heavy atom. The summed E-state index contributed by atoms with van der Waals surface area (Å²) in [6.45, 7) is 1.83. The van der Waals surface area contributed by atoms with Gasteiger partial charge in [-0.1, -0.05) is 29.8 Å². The lowest BCUT2D eigenvalue weighted by Crippen LogP contribution is -2.35. The van der Waals surface area contributed by atoms with Gasteiger partial charge in [0.1, 0.15) is 12.4 Å². The zero-order chi connectivity index (χ0) is 27.2. The first-order valence-electron chi connectivity index (χ1n) is 10.9. The second-order valence-electron chi connectivity index (χ2n) is 8.06. The van der Waals surface area contributed by atoms with Crippen molar-refractivity contribution in [2.24, 2.45) is 5.73 Å². The van der Waals surface area contributed by atoms with E-state index >= 15 is 0 Å². The number of rotatable bonds is 9. The SMILES string of the molecule is Cc1ccc(/C(=C/C(N)C(F)(F)F)Nc2ccc(S(=O)(=O)NC(=O)CCC(=O)n3ccnc3)cc2)cc1. The molecule has 3 rings (SSSR count). The molecule has 1 atom stereocenters. The lowest BCUT2D eigenvalue weighted by Gasteiger charge is -2.17. The highest BCUT2D eigenvalue weighted by molar-refractivity contribution is 7.90. The van der Waals surface area contributed by atoms with Crippen LogP contribution in [0.4, 0.5) is 18.9 Å². The molecule has 1 aromatic heterocycles. The molecule has 2 aromatic carbocycles. The number of nitrogens with zero attached hydrogens (tertiary/aromatic N) is 2. The number of hydrogen-bond donors (Lipinski definition) is 3. The average molecular weight is 536 g/mol. The van der Waals surface area contributed by atoms with Gasteiger partial charge < -0.3 is 11.1 Å². The van der Waals surface area contributed by atoms with Crippen LogP contribution in [0.3, 0.4) is 0 Å². The Kier molecular flexibility index (Phi) is 8.50. The van der Waals surface area contributed by atoms with Gasteiger partial charge in [0.2, 0.25) is 11.8 Å². The van der Waals surface area contributed by atoms with Gasteiger partial charge in [-0.25, -0.2) is 18.1 Å². The molecule has 37 heavy (non-hydrogen) atoms. The quantitative estimate of drug-likeness (QED) is 0.382. The molecule has 0 spiro atoms. The van der Waals surface area contributed by atoms with Gasteiger partial charge >= 0.3 is 6.18 Å². The van der Waals surface area contributed by atoms with Crippen LogP contribution < -0.4 is 15.8 Å². The molecule has 9 nitrogen and oxygen atoms in total. The number of carbonyl (C=O) groups is 2. The van der Waals surface area contributed by atoms with Crippen molar-refractivity contribution in [3.8, 4) is 0 Å². The zero-order valence-electron chi connectivity index (χ0n) is 19.6. The smallest absolute Gasteiger partial charge is 0.355 e. The molecule has 0 aliphatic carbocycles. The van der Waals surface area contributed by atoms with E-state index in [1.54, 1.807) is 24.3 Å². The number of benzene rings is 2. The summed E-state index contributed by atoms with van der Waals surface area (Å²) in [6.07, 6.45) is -0.344. The number of hydrogen-bond acceptors (Lipinski definition) is 7. The van der Waals surface area contributed by atoms with Crippen LogP contribution in [0.2, 0.25) is 0 Å². The number of nitrogens with one attached hydrogen (secondary N) is 2. The van der Waals surface area contributed by atoms with E-state index in [2.05, 4.69) is 10.3 Å². The first kappa shape index (κ1) is 27.6. The van der Waals surface area contributed by atoms with E-state index in [1.807, 2.05) is 11.6 Å². The molecule has 0 bridgehead atoms. The Morgan fingerprint density at radius 3 is 2.30 bits per heavy atom. The molecule has 0 radical (unpaired) electrons. The van der Waals surface area contributed by atoms with Crippen LogP contribution >= 0.6 is 0 Å². The normalized spacial score (nSPS) is 13.2. The monoisotopic (exact) mass is 535 g/mol. The maximum atomic E-state index is 13.1. The van der Waals surface area contributed by atoms with E-state index < -0.39 is 34.1 Å². The second-order valence-corrected chi connectivity index (χ2v) is 9.74. The molecular weight excluding hydrogens is 511 g/mol. The van der Waals surface area contributed by atoms with E-state index in [-0.39, 0.29) is 29.1 Å². The van der Waals surface area contributed by atoms with Crippen LogP contribution in [-0.4, -0.2) is 42.0 Å². The summed E-state index contributed by atoms with van der Waals surface area (Å²) < 4.78 is 67.4. The molecule has 1 unspecified atom stereocenters. The van der Waals surface area contributed by atoms with Crippen LogP contribution in [0.15, 0.2) is 78.2 Å². The number of nitrogens with two attached hydrogens (primary N) is 1. The number of aromatic nitrogens is 2. The van der Waals surface area contributed by atoms with Crippen molar-refractivity contribution in [3.63, 3.8) is 0 Å². The largest absolute Gasteiger partial charge is 0.407 e. The van der Waals surface area contributed by atoms with Crippen molar-refractivity contribution >= 4 is 33.2 Å². The topological polar surface area (TPSA) is 136 Å². The van der Waals surface area contributed by atoms with Crippen molar-refractivity contribution in [2.45, 2.75) is 36.9 Å². The van der Waals surface area contributed by atoms with Gasteiger partial charge in [-0.2, -0.15) is 13.2 Å². The highest BCUT2D eigenvalue weighted by Crippen LogP contribution is 2.25. The number of imidazole rings is 1. The molecule has 13 heteroatoms. The maximum Gasteiger partial charge on any atom is 0.407 e. The lowest BCUT2D eigenvalue weighted by molar-refractivity contribution is -0.136. The van der Waals surface area contributed by atoms with E-state index in [0.717, 1.165) is 11.6 Å². The number of sulfonamides is 1. The van der Waals surface area contributed by atoms with E-state index in [9.17, 15) is 31.2 Å². The van der Waals surface area contributed by atoms with Gasteiger partial charge in [0.25, 0.3) is 10.0 Å². The van der Waals surface area contributed by atoms with Gasteiger partial charge in [-0.05, 0) is 42.8 Å². The fourth-order valence-corrected chi connectivity index (χ4v) is 4.12. The molecule has 1 heterocycles. The summed E-state index contributed by atoms with van der Waals surface area (Å²) in [5, 5.41) is 2.84.